The van der Waals surface area contributed by atoms with Crippen molar-refractivity contribution in [2.24, 2.45) is 11.8 Å². The zero-order valence-corrected chi connectivity index (χ0v) is 18.5. The van der Waals surface area contributed by atoms with Crippen molar-refractivity contribution >= 4 is 21.7 Å². The highest BCUT2D eigenvalue weighted by Gasteiger charge is 2.47. The number of amides is 2. The van der Waals surface area contributed by atoms with Gasteiger partial charge in [0.1, 0.15) is 0 Å². The quantitative estimate of drug-likeness (QED) is 0.389. The molecule has 1 aliphatic heterocycles. The average Bonchev–Trinajstić information content (AvgIpc) is 3.62. The molecule has 4 rings (SSSR count). The smallest absolute Gasteiger partial charge is 0.230 e. The van der Waals surface area contributed by atoms with Gasteiger partial charge in [-0.25, -0.2) is 12.8 Å². The maximum atomic E-state index is 14.1. The molecular weight excluding hydrogens is 421 g/mol. The average molecular weight is 452 g/mol. The summed E-state index contributed by atoms with van der Waals surface area (Å²) in [6, 6.07) is 4.76. The van der Waals surface area contributed by atoms with Gasteiger partial charge in [-0.2, -0.15) is 0 Å². The number of carbonyl (C=O) groups is 2. The Labute approximate surface area is 182 Å². The lowest BCUT2D eigenvalue weighted by Crippen LogP contribution is -2.23. The monoisotopic (exact) mass is 451 g/mol. The second-order valence-corrected chi connectivity index (χ2v) is 11.6. The molecule has 1 N–H and O–H groups in total. The van der Waals surface area contributed by atoms with Gasteiger partial charge < -0.3 is 4.74 Å². The van der Waals surface area contributed by atoms with Gasteiger partial charge in [-0.3, -0.25) is 14.9 Å². The number of unbranched alkanes of at least 4 members (excludes halogenated alkanes) is 2. The number of hydrogen-bond acceptors (Lipinski definition) is 5. The van der Waals surface area contributed by atoms with E-state index in [2.05, 4.69) is 5.32 Å². The summed E-state index contributed by atoms with van der Waals surface area (Å²) < 4.78 is 45.2. The van der Waals surface area contributed by atoms with Gasteiger partial charge in [0.15, 0.2) is 21.4 Å². The predicted molar refractivity (Wildman–Crippen MR) is 114 cm³/mol. The Balaban J connectivity index is 1.26. The summed E-state index contributed by atoms with van der Waals surface area (Å²) in [4.78, 5) is 22.8. The highest BCUT2D eigenvalue weighted by Crippen LogP contribution is 2.50. The molecule has 6 nitrogen and oxygen atoms in total. The van der Waals surface area contributed by atoms with Gasteiger partial charge in [0.25, 0.3) is 0 Å². The second kappa shape index (κ2) is 8.88. The van der Waals surface area contributed by atoms with Crippen molar-refractivity contribution in [3.05, 3.63) is 29.6 Å². The van der Waals surface area contributed by atoms with Gasteiger partial charge in [0, 0.05) is 17.8 Å². The van der Waals surface area contributed by atoms with Gasteiger partial charge in [-0.1, -0.05) is 18.9 Å². The SMILES string of the molecule is O=C1CC(CCCCCS(=O)(=O)CC2(c3ccc(F)c(OCC4CC4)c3)CC2)C(=O)N1. The van der Waals surface area contributed by atoms with Crippen LogP contribution in [0.3, 0.4) is 0 Å². The van der Waals surface area contributed by atoms with Crippen LogP contribution in [-0.2, 0) is 24.8 Å². The van der Waals surface area contributed by atoms with Crippen LogP contribution in [0.2, 0.25) is 0 Å². The summed E-state index contributed by atoms with van der Waals surface area (Å²) in [6.45, 7) is 0.516. The van der Waals surface area contributed by atoms with Crippen molar-refractivity contribution in [1.29, 1.82) is 0 Å². The summed E-state index contributed by atoms with van der Waals surface area (Å²) in [5.74, 6) is -0.190. The van der Waals surface area contributed by atoms with Crippen LogP contribution in [-0.4, -0.2) is 38.3 Å². The second-order valence-electron chi connectivity index (χ2n) is 9.43. The van der Waals surface area contributed by atoms with Crippen molar-refractivity contribution in [1.82, 2.24) is 5.32 Å². The molecule has 2 aliphatic carbocycles. The number of halogens is 1. The molecule has 2 saturated carbocycles. The van der Waals surface area contributed by atoms with E-state index in [4.69, 9.17) is 4.74 Å². The van der Waals surface area contributed by atoms with Crippen LogP contribution in [0.4, 0.5) is 4.39 Å². The molecule has 1 saturated heterocycles. The van der Waals surface area contributed by atoms with Crippen LogP contribution in [0, 0.1) is 17.7 Å². The Morgan fingerprint density at radius 3 is 2.55 bits per heavy atom. The van der Waals surface area contributed by atoms with E-state index >= 15 is 0 Å². The Hall–Kier alpha value is -1.96. The zero-order chi connectivity index (χ0) is 22.1. The Bertz CT molecular complexity index is 953. The van der Waals surface area contributed by atoms with Crippen LogP contribution in [0.25, 0.3) is 0 Å². The third-order valence-electron chi connectivity index (χ3n) is 6.64. The standard InChI is InChI=1S/C23H30FNO5S/c24-19-8-7-18(13-20(19)30-14-16-5-6-16)23(9-10-23)15-31(28,29)11-3-1-2-4-17-12-21(26)25-22(17)27/h7-8,13,16-17H,1-6,9-12,14-15H2,(H,25,26,27). The predicted octanol–water partition coefficient (Wildman–Crippen LogP) is 3.28. The number of benzene rings is 1. The first kappa shape index (κ1) is 22.2. The van der Waals surface area contributed by atoms with E-state index in [9.17, 15) is 22.4 Å². The van der Waals surface area contributed by atoms with Crippen LogP contribution >= 0.6 is 0 Å². The minimum Gasteiger partial charge on any atom is -0.490 e. The molecule has 0 aromatic heterocycles. The molecule has 1 heterocycles. The van der Waals surface area contributed by atoms with Gasteiger partial charge in [-0.15, -0.1) is 0 Å². The highest BCUT2D eigenvalue weighted by molar-refractivity contribution is 7.91. The fourth-order valence-electron chi connectivity index (χ4n) is 4.33. The molecule has 31 heavy (non-hydrogen) atoms. The first-order chi connectivity index (χ1) is 14.8. The maximum absolute atomic E-state index is 14.1. The lowest BCUT2D eigenvalue weighted by atomic mass is 9.98. The van der Waals surface area contributed by atoms with Crippen LogP contribution < -0.4 is 10.1 Å². The summed E-state index contributed by atoms with van der Waals surface area (Å²) in [6.07, 6.45) is 6.64. The molecule has 1 unspecified atom stereocenters. The zero-order valence-electron chi connectivity index (χ0n) is 17.7. The first-order valence-corrected chi connectivity index (χ1v) is 13.1. The molecule has 3 aliphatic rings. The van der Waals surface area contributed by atoms with E-state index in [-0.39, 0.29) is 41.4 Å². The van der Waals surface area contributed by atoms with E-state index in [0.29, 0.717) is 31.8 Å². The lowest BCUT2D eigenvalue weighted by molar-refractivity contribution is -0.125. The molecule has 0 bridgehead atoms. The van der Waals surface area contributed by atoms with Crippen molar-refractivity contribution in [3.63, 3.8) is 0 Å². The van der Waals surface area contributed by atoms with Crippen LogP contribution in [0.15, 0.2) is 18.2 Å². The van der Waals surface area contributed by atoms with Crippen molar-refractivity contribution in [2.75, 3.05) is 18.1 Å². The van der Waals surface area contributed by atoms with Crippen molar-refractivity contribution in [2.45, 2.75) is 63.2 Å². The highest BCUT2D eigenvalue weighted by atomic mass is 32.2. The molecule has 0 spiro atoms. The minimum atomic E-state index is -3.25. The number of nitrogens with one attached hydrogen (secondary N) is 1. The Morgan fingerprint density at radius 1 is 1.13 bits per heavy atom. The van der Waals surface area contributed by atoms with Crippen molar-refractivity contribution in [3.8, 4) is 5.75 Å². The number of rotatable bonds is 12. The summed E-state index contributed by atoms with van der Waals surface area (Å²) in [5.41, 5.74) is 0.423. The molecule has 1 atom stereocenters. The first-order valence-electron chi connectivity index (χ1n) is 11.2. The van der Waals surface area contributed by atoms with Gasteiger partial charge >= 0.3 is 0 Å². The number of carbonyl (C=O) groups excluding carboxylic acids is 2. The van der Waals surface area contributed by atoms with Crippen molar-refractivity contribution < 1.29 is 27.1 Å². The Kier molecular flexibility index (Phi) is 6.37. The summed E-state index contributed by atoms with van der Waals surface area (Å²) in [5, 5.41) is 2.30. The summed E-state index contributed by atoms with van der Waals surface area (Å²) in [7, 11) is -3.25. The fraction of sp³-hybridized carbons (Fsp3) is 0.652. The van der Waals surface area contributed by atoms with E-state index < -0.39 is 21.1 Å². The molecular formula is C23H30FNO5S. The van der Waals surface area contributed by atoms with E-state index in [1.165, 1.54) is 6.07 Å². The molecule has 0 radical (unpaired) electrons. The van der Waals surface area contributed by atoms with Crippen LogP contribution in [0.5, 0.6) is 5.75 Å². The molecule has 1 aromatic carbocycles. The largest absolute Gasteiger partial charge is 0.490 e. The third-order valence-corrected chi connectivity index (χ3v) is 8.54. The van der Waals surface area contributed by atoms with E-state index in [1.807, 2.05) is 0 Å². The minimum absolute atomic E-state index is 0.0766. The molecule has 170 valence electrons. The van der Waals surface area contributed by atoms with E-state index in [1.54, 1.807) is 12.1 Å². The topological polar surface area (TPSA) is 89.5 Å². The third kappa shape index (κ3) is 5.84. The van der Waals surface area contributed by atoms with E-state index in [0.717, 1.165) is 37.7 Å². The number of hydrogen-bond donors (Lipinski definition) is 1. The Morgan fingerprint density at radius 2 is 1.90 bits per heavy atom. The molecule has 2 amide bonds. The fourth-order valence-corrected chi connectivity index (χ4v) is 6.41. The molecule has 1 aromatic rings. The van der Waals surface area contributed by atoms with Gasteiger partial charge in [-0.05, 0) is 62.1 Å². The maximum Gasteiger partial charge on any atom is 0.230 e. The number of imide groups is 1. The van der Waals surface area contributed by atoms with Gasteiger partial charge in [0.2, 0.25) is 11.8 Å². The van der Waals surface area contributed by atoms with Crippen LogP contribution in [0.1, 0.15) is 63.4 Å². The lowest BCUT2D eigenvalue weighted by Gasteiger charge is -2.18. The number of ether oxygens (including phenoxy) is 1. The normalized spacial score (nSPS) is 22.4. The number of sulfone groups is 1. The summed E-state index contributed by atoms with van der Waals surface area (Å²) >= 11 is 0. The molecule has 3 fully saturated rings. The van der Waals surface area contributed by atoms with Gasteiger partial charge in [0.05, 0.1) is 18.1 Å². The molecule has 8 heteroatoms.